The molecule has 1 aliphatic carbocycles. The summed E-state index contributed by atoms with van der Waals surface area (Å²) in [5.74, 6) is 0. The quantitative estimate of drug-likeness (QED) is 0.891. The Labute approximate surface area is 121 Å². The SMILES string of the molecule is CC.Cc1ccc(C2(NC(=O)OC(C)(C)C)CC2)nc1. The van der Waals surface area contributed by atoms with Crippen molar-refractivity contribution in [2.75, 3.05) is 0 Å². The smallest absolute Gasteiger partial charge is 0.408 e. The van der Waals surface area contributed by atoms with Crippen LogP contribution in [-0.4, -0.2) is 16.7 Å². The van der Waals surface area contributed by atoms with Crippen LogP contribution in [0.15, 0.2) is 18.3 Å². The number of aryl methyl sites for hydroxylation is 1. The van der Waals surface area contributed by atoms with Gasteiger partial charge in [0.1, 0.15) is 5.60 Å². The van der Waals surface area contributed by atoms with Gasteiger partial charge in [0.05, 0.1) is 11.2 Å². The van der Waals surface area contributed by atoms with Crippen molar-refractivity contribution >= 4 is 6.09 Å². The number of nitrogens with one attached hydrogen (secondary N) is 1. The van der Waals surface area contributed by atoms with Crippen molar-refractivity contribution in [2.45, 2.75) is 65.5 Å². The number of ether oxygens (including phenoxy) is 1. The molecule has 1 aromatic heterocycles. The Hall–Kier alpha value is -1.58. The third-order valence-corrected chi connectivity index (χ3v) is 2.89. The van der Waals surface area contributed by atoms with Crippen molar-refractivity contribution in [1.29, 1.82) is 0 Å². The van der Waals surface area contributed by atoms with Gasteiger partial charge in [0.25, 0.3) is 0 Å². The van der Waals surface area contributed by atoms with E-state index >= 15 is 0 Å². The Balaban J connectivity index is 0.000000956. The molecule has 1 heterocycles. The molecule has 0 saturated heterocycles. The monoisotopic (exact) mass is 278 g/mol. The lowest BCUT2D eigenvalue weighted by molar-refractivity contribution is 0.0494. The van der Waals surface area contributed by atoms with E-state index < -0.39 is 5.60 Å². The number of amides is 1. The fourth-order valence-electron chi connectivity index (χ4n) is 1.82. The maximum Gasteiger partial charge on any atom is 0.408 e. The molecule has 0 aromatic carbocycles. The van der Waals surface area contributed by atoms with Gasteiger partial charge in [-0.3, -0.25) is 4.98 Å². The molecule has 0 radical (unpaired) electrons. The second kappa shape index (κ2) is 6.25. The second-order valence-electron chi connectivity index (χ2n) is 5.93. The number of hydrogen-bond acceptors (Lipinski definition) is 3. The minimum absolute atomic E-state index is 0.309. The third kappa shape index (κ3) is 4.51. The molecule has 1 N–H and O–H groups in total. The molecule has 1 fully saturated rings. The van der Waals surface area contributed by atoms with E-state index in [1.54, 1.807) is 0 Å². The Bertz CT molecular complexity index is 443. The fraction of sp³-hybridized carbons (Fsp3) is 0.625. The number of carbonyl (C=O) groups excluding carboxylic acids is 1. The van der Waals surface area contributed by atoms with Crippen molar-refractivity contribution in [3.8, 4) is 0 Å². The van der Waals surface area contributed by atoms with Crippen LogP contribution >= 0.6 is 0 Å². The highest BCUT2D eigenvalue weighted by molar-refractivity contribution is 5.69. The highest BCUT2D eigenvalue weighted by Gasteiger charge is 2.47. The first kappa shape index (κ1) is 16.5. The zero-order valence-electron chi connectivity index (χ0n) is 13.4. The lowest BCUT2D eigenvalue weighted by atomic mass is 10.1. The molecule has 1 saturated carbocycles. The first-order valence-corrected chi connectivity index (χ1v) is 7.25. The van der Waals surface area contributed by atoms with Crippen LogP contribution in [0.4, 0.5) is 4.79 Å². The predicted octanol–water partition coefficient (Wildman–Crippen LogP) is 3.93. The summed E-state index contributed by atoms with van der Waals surface area (Å²) < 4.78 is 5.28. The van der Waals surface area contributed by atoms with Crippen LogP contribution in [0.5, 0.6) is 0 Å². The van der Waals surface area contributed by atoms with E-state index in [9.17, 15) is 4.79 Å². The van der Waals surface area contributed by atoms with E-state index in [4.69, 9.17) is 4.74 Å². The van der Waals surface area contributed by atoms with E-state index in [1.807, 2.05) is 59.9 Å². The Morgan fingerprint density at radius 2 is 1.90 bits per heavy atom. The molecule has 2 rings (SSSR count). The molecule has 4 heteroatoms. The number of alkyl carbamates (subject to hydrolysis) is 1. The summed E-state index contributed by atoms with van der Waals surface area (Å²) >= 11 is 0. The van der Waals surface area contributed by atoms with Gasteiger partial charge in [0.2, 0.25) is 0 Å². The molecule has 0 aliphatic heterocycles. The van der Waals surface area contributed by atoms with Crippen molar-refractivity contribution in [3.63, 3.8) is 0 Å². The van der Waals surface area contributed by atoms with Crippen LogP contribution in [0.1, 0.15) is 58.7 Å². The Morgan fingerprint density at radius 3 is 2.30 bits per heavy atom. The van der Waals surface area contributed by atoms with Crippen molar-refractivity contribution in [2.24, 2.45) is 0 Å². The molecular formula is C16H26N2O2. The van der Waals surface area contributed by atoms with E-state index in [0.29, 0.717) is 0 Å². The number of carbonyl (C=O) groups is 1. The molecule has 4 nitrogen and oxygen atoms in total. The maximum absolute atomic E-state index is 11.8. The predicted molar refractivity (Wildman–Crippen MR) is 80.6 cm³/mol. The van der Waals surface area contributed by atoms with Gasteiger partial charge in [-0.05, 0) is 52.2 Å². The molecule has 0 spiro atoms. The van der Waals surface area contributed by atoms with Crippen LogP contribution in [0.2, 0.25) is 0 Å². The van der Waals surface area contributed by atoms with Gasteiger partial charge in [0.15, 0.2) is 0 Å². The van der Waals surface area contributed by atoms with Crippen LogP contribution in [0, 0.1) is 6.92 Å². The number of nitrogens with zero attached hydrogens (tertiary/aromatic N) is 1. The zero-order valence-corrected chi connectivity index (χ0v) is 13.4. The van der Waals surface area contributed by atoms with Crippen molar-refractivity contribution in [3.05, 3.63) is 29.6 Å². The number of rotatable bonds is 2. The van der Waals surface area contributed by atoms with Crippen molar-refractivity contribution in [1.82, 2.24) is 10.3 Å². The van der Waals surface area contributed by atoms with E-state index in [-0.39, 0.29) is 11.6 Å². The van der Waals surface area contributed by atoms with Crippen LogP contribution in [-0.2, 0) is 10.3 Å². The van der Waals surface area contributed by atoms with Gasteiger partial charge >= 0.3 is 6.09 Å². The first-order chi connectivity index (χ1) is 9.31. The Kier molecular flexibility index (Phi) is 5.15. The largest absolute Gasteiger partial charge is 0.444 e. The normalized spacial score (nSPS) is 15.7. The van der Waals surface area contributed by atoms with E-state index in [0.717, 1.165) is 24.1 Å². The summed E-state index contributed by atoms with van der Waals surface area (Å²) in [7, 11) is 0. The molecule has 1 amide bonds. The van der Waals surface area contributed by atoms with Gasteiger partial charge in [-0.15, -0.1) is 0 Å². The van der Waals surface area contributed by atoms with Crippen molar-refractivity contribution < 1.29 is 9.53 Å². The summed E-state index contributed by atoms with van der Waals surface area (Å²) in [5.41, 5.74) is 1.25. The Morgan fingerprint density at radius 1 is 1.30 bits per heavy atom. The minimum atomic E-state index is -0.471. The van der Waals surface area contributed by atoms with Gasteiger partial charge in [-0.1, -0.05) is 19.9 Å². The molecule has 1 aromatic rings. The molecule has 1 aliphatic rings. The summed E-state index contributed by atoms with van der Waals surface area (Å²) in [6.45, 7) is 11.6. The molecule has 0 unspecified atom stereocenters. The molecule has 20 heavy (non-hydrogen) atoms. The first-order valence-electron chi connectivity index (χ1n) is 7.25. The van der Waals surface area contributed by atoms with Gasteiger partial charge in [-0.2, -0.15) is 0 Å². The summed E-state index contributed by atoms with van der Waals surface area (Å²) in [6, 6.07) is 3.98. The lowest BCUT2D eigenvalue weighted by Crippen LogP contribution is -2.39. The van der Waals surface area contributed by atoms with Gasteiger partial charge in [0, 0.05) is 6.20 Å². The molecule has 0 atom stereocenters. The number of pyridine rings is 1. The minimum Gasteiger partial charge on any atom is -0.444 e. The number of hydrogen-bond donors (Lipinski definition) is 1. The molecule has 0 bridgehead atoms. The fourth-order valence-corrected chi connectivity index (χ4v) is 1.82. The molecule has 112 valence electrons. The van der Waals surface area contributed by atoms with E-state index in [1.165, 1.54) is 0 Å². The summed E-state index contributed by atoms with van der Waals surface area (Å²) in [6.07, 6.45) is 3.29. The van der Waals surface area contributed by atoms with Crippen LogP contribution in [0.3, 0.4) is 0 Å². The van der Waals surface area contributed by atoms with E-state index in [2.05, 4.69) is 10.3 Å². The van der Waals surface area contributed by atoms with Crippen LogP contribution < -0.4 is 5.32 Å². The standard InChI is InChI=1S/C14H20N2O2.C2H6/c1-10-5-6-11(15-9-10)14(7-8-14)16-12(17)18-13(2,3)4;1-2/h5-6,9H,7-8H2,1-4H3,(H,16,17);1-2H3. The highest BCUT2D eigenvalue weighted by atomic mass is 16.6. The second-order valence-corrected chi connectivity index (χ2v) is 5.93. The van der Waals surface area contributed by atoms with Crippen LogP contribution in [0.25, 0.3) is 0 Å². The zero-order chi connectivity index (χ0) is 15.4. The highest BCUT2D eigenvalue weighted by Crippen LogP contribution is 2.44. The topological polar surface area (TPSA) is 51.2 Å². The maximum atomic E-state index is 11.8. The third-order valence-electron chi connectivity index (χ3n) is 2.89. The lowest BCUT2D eigenvalue weighted by Gasteiger charge is -2.23. The average Bonchev–Trinajstić information content (AvgIpc) is 3.10. The van der Waals surface area contributed by atoms with Gasteiger partial charge in [-0.25, -0.2) is 4.79 Å². The average molecular weight is 278 g/mol. The van der Waals surface area contributed by atoms with Gasteiger partial charge < -0.3 is 10.1 Å². The molecular weight excluding hydrogens is 252 g/mol. The number of aromatic nitrogens is 1. The summed E-state index contributed by atoms with van der Waals surface area (Å²) in [5, 5.41) is 2.94. The summed E-state index contributed by atoms with van der Waals surface area (Å²) in [4.78, 5) is 16.2.